The average molecular weight is 776 g/mol. The molecular weight excluding hydrogens is 730 g/mol. The number of nitrogens with zero attached hydrogens (tertiary/aromatic N) is 8. The number of carbonyl (C=O) groups excluding carboxylic acids is 3. The highest BCUT2D eigenvalue weighted by atomic mass is 19.1. The van der Waals surface area contributed by atoms with Crippen molar-refractivity contribution in [3.63, 3.8) is 0 Å². The van der Waals surface area contributed by atoms with Crippen LogP contribution in [-0.4, -0.2) is 87.1 Å². The molecule has 0 bridgehead atoms. The van der Waals surface area contributed by atoms with Crippen molar-refractivity contribution >= 4 is 40.9 Å². The van der Waals surface area contributed by atoms with E-state index in [1.165, 1.54) is 11.9 Å². The lowest BCUT2D eigenvalue weighted by Gasteiger charge is -2.36. The quantitative estimate of drug-likeness (QED) is 0.149. The maximum atomic E-state index is 15.8. The Morgan fingerprint density at radius 1 is 0.947 bits per heavy atom. The molecule has 5 heterocycles. The molecule has 2 aliphatic rings. The van der Waals surface area contributed by atoms with E-state index < -0.39 is 17.8 Å². The molecule has 3 N–H and O–H groups in total. The van der Waals surface area contributed by atoms with Crippen LogP contribution in [0.15, 0.2) is 71.6 Å². The number of benzene rings is 2. The summed E-state index contributed by atoms with van der Waals surface area (Å²) in [7, 11) is 0. The van der Waals surface area contributed by atoms with E-state index in [0.29, 0.717) is 52.8 Å². The van der Waals surface area contributed by atoms with Crippen molar-refractivity contribution in [1.82, 2.24) is 40.6 Å². The van der Waals surface area contributed by atoms with E-state index in [-0.39, 0.29) is 23.2 Å². The van der Waals surface area contributed by atoms with E-state index in [2.05, 4.69) is 50.8 Å². The fraction of sp³-hybridized carbons (Fsp3) is 0.366. The summed E-state index contributed by atoms with van der Waals surface area (Å²) in [6.45, 7) is 14.1. The Hall–Kier alpha value is -6.29. The first-order chi connectivity index (χ1) is 27.3. The van der Waals surface area contributed by atoms with E-state index in [9.17, 15) is 14.4 Å². The minimum absolute atomic E-state index is 0.147. The number of imide groups is 1. The zero-order chi connectivity index (χ0) is 40.3. The van der Waals surface area contributed by atoms with E-state index in [1.54, 1.807) is 36.9 Å². The molecule has 4 amide bonds. The van der Waals surface area contributed by atoms with E-state index >= 15 is 4.39 Å². The highest BCUT2D eigenvalue weighted by Crippen LogP contribution is 2.30. The lowest BCUT2D eigenvalue weighted by atomic mass is 9.96. The number of carbonyl (C=O) groups is 3. The number of rotatable bonds is 11. The van der Waals surface area contributed by atoms with Gasteiger partial charge in [-0.2, -0.15) is 4.98 Å². The molecule has 0 aliphatic carbocycles. The topological polar surface area (TPSA) is 175 Å². The zero-order valence-electron chi connectivity index (χ0n) is 32.7. The van der Waals surface area contributed by atoms with Crippen LogP contribution in [0.2, 0.25) is 0 Å². The molecule has 7 rings (SSSR count). The first kappa shape index (κ1) is 39.0. The van der Waals surface area contributed by atoms with Gasteiger partial charge in [-0.1, -0.05) is 44.1 Å². The third-order valence-electron chi connectivity index (χ3n) is 10.2. The Morgan fingerprint density at radius 3 is 2.39 bits per heavy atom. The Labute approximate surface area is 330 Å². The fourth-order valence-electron chi connectivity index (χ4n) is 6.84. The van der Waals surface area contributed by atoms with Crippen LogP contribution in [0.1, 0.15) is 73.4 Å². The number of amides is 4. The third kappa shape index (κ3) is 9.07. The van der Waals surface area contributed by atoms with Crippen molar-refractivity contribution in [2.45, 2.75) is 58.9 Å². The molecular formula is C41H46FN11O4. The maximum Gasteiger partial charge on any atom is 0.328 e. The van der Waals surface area contributed by atoms with Crippen LogP contribution >= 0.6 is 0 Å². The molecule has 16 heteroatoms. The molecule has 15 nitrogen and oxygen atoms in total. The summed E-state index contributed by atoms with van der Waals surface area (Å²) in [5, 5.41) is 12.3. The number of nitrogens with one attached hydrogen (secondary N) is 3. The molecule has 2 saturated heterocycles. The van der Waals surface area contributed by atoms with Crippen LogP contribution in [0.4, 0.5) is 32.2 Å². The molecule has 296 valence electrons. The van der Waals surface area contributed by atoms with Gasteiger partial charge in [-0.05, 0) is 67.3 Å². The van der Waals surface area contributed by atoms with Gasteiger partial charge < -0.3 is 20.1 Å². The number of hydrogen-bond donors (Lipinski definition) is 3. The standard InChI is InChI=1S/C41H46FN11O4/c1-25-30(26(2)46-37(55)38-49-39(50-57-38)41(3,4)5)11-12-31(36(25)42)32-22-34(45-24-44-32)47-33-13-10-29(23-43-33)52-20-18-51(19-21-52)16-14-27-6-8-28(9-7-27)53-17-15-35(54)48-40(53)56/h6-13,22-24,26H,14-21H2,1-5H3,(H,46,55)(H,48,54,56)(H,43,44,45,47)/t26-/m1/s1. The lowest BCUT2D eigenvalue weighted by molar-refractivity contribution is -0.120. The van der Waals surface area contributed by atoms with Gasteiger partial charge in [0, 0.05) is 68.4 Å². The van der Waals surface area contributed by atoms with Crippen molar-refractivity contribution in [3.8, 4) is 11.3 Å². The van der Waals surface area contributed by atoms with Crippen molar-refractivity contribution in [2.75, 3.05) is 54.4 Å². The molecule has 2 fully saturated rings. The van der Waals surface area contributed by atoms with Gasteiger partial charge in [0.15, 0.2) is 5.82 Å². The molecule has 0 spiro atoms. The number of aromatic nitrogens is 5. The summed E-state index contributed by atoms with van der Waals surface area (Å²) in [5.74, 6) is 0.106. The monoisotopic (exact) mass is 775 g/mol. The van der Waals surface area contributed by atoms with Gasteiger partial charge in [0.05, 0.1) is 23.6 Å². The second-order valence-corrected chi connectivity index (χ2v) is 15.3. The summed E-state index contributed by atoms with van der Waals surface area (Å²) in [6, 6.07) is 16.1. The second kappa shape index (κ2) is 16.4. The molecule has 1 atom stereocenters. The number of hydrogen-bond acceptors (Lipinski definition) is 12. The highest BCUT2D eigenvalue weighted by molar-refractivity contribution is 6.05. The van der Waals surface area contributed by atoms with Gasteiger partial charge in [-0.3, -0.25) is 24.7 Å². The van der Waals surface area contributed by atoms with Gasteiger partial charge >= 0.3 is 17.8 Å². The van der Waals surface area contributed by atoms with E-state index in [4.69, 9.17) is 4.52 Å². The van der Waals surface area contributed by atoms with Crippen LogP contribution in [-0.2, 0) is 16.6 Å². The van der Waals surface area contributed by atoms with Crippen LogP contribution in [0.25, 0.3) is 11.3 Å². The SMILES string of the molecule is Cc1c([C@@H](C)NC(=O)c2nc(C(C)(C)C)no2)ccc(-c2cc(Nc3ccc(N4CCN(CCc5ccc(N6CCC(=O)NC6=O)cc5)CC4)cn3)ncn2)c1F. The van der Waals surface area contributed by atoms with Gasteiger partial charge in [-0.25, -0.2) is 24.1 Å². The average Bonchev–Trinajstić information content (AvgIpc) is 3.71. The molecule has 5 aromatic rings. The van der Waals surface area contributed by atoms with Crippen molar-refractivity contribution < 1.29 is 23.3 Å². The molecule has 3 aromatic heterocycles. The fourth-order valence-corrected chi connectivity index (χ4v) is 6.84. The van der Waals surface area contributed by atoms with Crippen LogP contribution in [0, 0.1) is 12.7 Å². The first-order valence-electron chi connectivity index (χ1n) is 19.0. The third-order valence-corrected chi connectivity index (χ3v) is 10.2. The van der Waals surface area contributed by atoms with Crippen LogP contribution in [0.5, 0.6) is 0 Å². The first-order valence-corrected chi connectivity index (χ1v) is 19.0. The summed E-state index contributed by atoms with van der Waals surface area (Å²) >= 11 is 0. The molecule has 0 radical (unpaired) electrons. The molecule has 2 aliphatic heterocycles. The van der Waals surface area contributed by atoms with Gasteiger partial charge in [0.25, 0.3) is 0 Å². The highest BCUT2D eigenvalue weighted by Gasteiger charge is 2.27. The predicted octanol–water partition coefficient (Wildman–Crippen LogP) is 5.71. The minimum Gasteiger partial charge on any atom is -0.368 e. The number of halogens is 1. The summed E-state index contributed by atoms with van der Waals surface area (Å²) in [4.78, 5) is 60.3. The largest absolute Gasteiger partial charge is 0.368 e. The van der Waals surface area contributed by atoms with Gasteiger partial charge in [0.1, 0.15) is 23.8 Å². The number of urea groups is 1. The van der Waals surface area contributed by atoms with Crippen molar-refractivity contribution in [2.24, 2.45) is 0 Å². The Balaban J connectivity index is 0.901. The summed E-state index contributed by atoms with van der Waals surface area (Å²) in [5.41, 5.74) is 4.31. The van der Waals surface area contributed by atoms with E-state index in [1.807, 2.05) is 63.4 Å². The Kier molecular flexibility index (Phi) is 11.2. The molecule has 0 unspecified atom stereocenters. The normalized spacial score (nSPS) is 15.7. The lowest BCUT2D eigenvalue weighted by Crippen LogP contribution is -2.49. The van der Waals surface area contributed by atoms with Crippen molar-refractivity contribution in [1.29, 1.82) is 0 Å². The summed E-state index contributed by atoms with van der Waals surface area (Å²) in [6.07, 6.45) is 4.42. The van der Waals surface area contributed by atoms with Gasteiger partial charge in [-0.15, -0.1) is 0 Å². The van der Waals surface area contributed by atoms with Gasteiger partial charge in [0.2, 0.25) is 5.91 Å². The predicted molar refractivity (Wildman–Crippen MR) is 213 cm³/mol. The van der Waals surface area contributed by atoms with Crippen LogP contribution < -0.4 is 25.8 Å². The van der Waals surface area contributed by atoms with Crippen LogP contribution in [0.3, 0.4) is 0 Å². The summed E-state index contributed by atoms with van der Waals surface area (Å²) < 4.78 is 21.0. The number of anilines is 4. The Morgan fingerprint density at radius 2 is 1.70 bits per heavy atom. The maximum absolute atomic E-state index is 15.8. The smallest absolute Gasteiger partial charge is 0.328 e. The second-order valence-electron chi connectivity index (χ2n) is 15.3. The zero-order valence-corrected chi connectivity index (χ0v) is 32.7. The molecule has 0 saturated carbocycles. The minimum atomic E-state index is -0.537. The Bertz CT molecular complexity index is 2250. The van der Waals surface area contributed by atoms with E-state index in [0.717, 1.165) is 50.5 Å². The molecule has 2 aromatic carbocycles. The number of piperazine rings is 1. The van der Waals surface area contributed by atoms with Crippen molar-refractivity contribution in [3.05, 3.63) is 101 Å². The molecule has 57 heavy (non-hydrogen) atoms. The number of pyridine rings is 1.